The van der Waals surface area contributed by atoms with Crippen LogP contribution in [0.3, 0.4) is 0 Å². The van der Waals surface area contributed by atoms with E-state index < -0.39 is 0 Å². The Labute approximate surface area is 139 Å². The molecule has 0 aliphatic carbocycles. The summed E-state index contributed by atoms with van der Waals surface area (Å²) in [7, 11) is 1.66. The van der Waals surface area contributed by atoms with Gasteiger partial charge >= 0.3 is 5.97 Å². The summed E-state index contributed by atoms with van der Waals surface area (Å²) in [6.45, 7) is 2.48. The van der Waals surface area contributed by atoms with E-state index in [9.17, 15) is 9.59 Å². The van der Waals surface area contributed by atoms with Crippen LogP contribution in [0, 0.1) is 0 Å². The minimum atomic E-state index is -0.320. The Morgan fingerprint density at radius 1 is 1.36 bits per heavy atom. The summed E-state index contributed by atoms with van der Waals surface area (Å²) in [4.78, 5) is 25.7. The van der Waals surface area contributed by atoms with Crippen LogP contribution >= 0.6 is 24.0 Å². The fourth-order valence-electron chi connectivity index (χ4n) is 1.80. The van der Waals surface area contributed by atoms with Gasteiger partial charge in [0, 0.05) is 7.05 Å². The third-order valence-electron chi connectivity index (χ3n) is 3.16. The maximum absolute atomic E-state index is 11.9. The molecule has 1 fully saturated rings. The SMILES string of the molecule is CCCCOC(=O)c1ccc(/C=C2\SC(=S)N(C)C2=O)cc1. The predicted octanol–water partition coefficient (Wildman–Crippen LogP) is 3.47. The lowest BCUT2D eigenvalue weighted by Crippen LogP contribution is -2.22. The number of ether oxygens (including phenoxy) is 1. The zero-order valence-electron chi connectivity index (χ0n) is 12.5. The number of hydrogen-bond donors (Lipinski definition) is 0. The number of carbonyl (C=O) groups is 2. The summed E-state index contributed by atoms with van der Waals surface area (Å²) in [6, 6.07) is 6.98. The molecular formula is C16H17NO3S2. The van der Waals surface area contributed by atoms with Crippen molar-refractivity contribution in [3.63, 3.8) is 0 Å². The van der Waals surface area contributed by atoms with Gasteiger partial charge in [0.05, 0.1) is 17.1 Å². The number of rotatable bonds is 5. The number of benzene rings is 1. The molecule has 0 N–H and O–H groups in total. The summed E-state index contributed by atoms with van der Waals surface area (Å²) in [6.07, 6.45) is 3.62. The highest BCUT2D eigenvalue weighted by Gasteiger charge is 2.28. The highest BCUT2D eigenvalue weighted by Crippen LogP contribution is 2.31. The molecule has 116 valence electrons. The van der Waals surface area contributed by atoms with Gasteiger partial charge in [-0.2, -0.15) is 0 Å². The molecule has 1 aromatic rings. The van der Waals surface area contributed by atoms with Gasteiger partial charge in [0.1, 0.15) is 4.32 Å². The molecule has 1 aliphatic rings. The van der Waals surface area contributed by atoms with Gasteiger partial charge in [0.15, 0.2) is 0 Å². The Kier molecular flexibility index (Phi) is 5.74. The topological polar surface area (TPSA) is 46.6 Å². The zero-order valence-corrected chi connectivity index (χ0v) is 14.1. The number of amides is 1. The standard InChI is InChI=1S/C16H17NO3S2/c1-3-4-9-20-15(19)12-7-5-11(6-8-12)10-13-14(18)17(2)16(21)22-13/h5-8,10H,3-4,9H2,1-2H3/b13-10-. The monoisotopic (exact) mass is 335 g/mol. The zero-order chi connectivity index (χ0) is 16.1. The third-order valence-corrected chi connectivity index (χ3v) is 4.65. The molecule has 0 unspecified atom stereocenters. The number of esters is 1. The first-order valence-corrected chi connectivity index (χ1v) is 8.24. The van der Waals surface area contributed by atoms with Crippen molar-refractivity contribution < 1.29 is 14.3 Å². The summed E-state index contributed by atoms with van der Waals surface area (Å²) in [5.74, 6) is -0.419. The van der Waals surface area contributed by atoms with Crippen molar-refractivity contribution in [1.82, 2.24) is 4.90 Å². The molecule has 1 saturated heterocycles. The van der Waals surface area contributed by atoms with Gasteiger partial charge in [-0.15, -0.1) is 0 Å². The smallest absolute Gasteiger partial charge is 0.338 e. The van der Waals surface area contributed by atoms with Crippen LogP contribution in [0.1, 0.15) is 35.7 Å². The van der Waals surface area contributed by atoms with E-state index in [4.69, 9.17) is 17.0 Å². The van der Waals surface area contributed by atoms with Crippen LogP contribution in [0.2, 0.25) is 0 Å². The Bertz CT molecular complexity index is 623. The first-order chi connectivity index (χ1) is 10.5. The van der Waals surface area contributed by atoms with E-state index >= 15 is 0 Å². The van der Waals surface area contributed by atoms with Crippen molar-refractivity contribution in [2.24, 2.45) is 0 Å². The van der Waals surface area contributed by atoms with Crippen molar-refractivity contribution in [1.29, 1.82) is 0 Å². The number of thioether (sulfide) groups is 1. The molecule has 1 amide bonds. The van der Waals surface area contributed by atoms with Crippen molar-refractivity contribution in [3.05, 3.63) is 40.3 Å². The molecule has 4 nitrogen and oxygen atoms in total. The van der Waals surface area contributed by atoms with Crippen molar-refractivity contribution in [2.75, 3.05) is 13.7 Å². The number of unbranched alkanes of at least 4 members (excludes halogenated alkanes) is 1. The van der Waals surface area contributed by atoms with E-state index in [1.807, 2.05) is 6.92 Å². The summed E-state index contributed by atoms with van der Waals surface area (Å²) in [5.41, 5.74) is 1.36. The minimum absolute atomic E-state index is 0.0990. The molecule has 2 rings (SSSR count). The minimum Gasteiger partial charge on any atom is -0.462 e. The van der Waals surface area contributed by atoms with Gasteiger partial charge in [-0.05, 0) is 30.2 Å². The van der Waals surface area contributed by atoms with Gasteiger partial charge in [0.2, 0.25) is 0 Å². The number of nitrogens with zero attached hydrogens (tertiary/aromatic N) is 1. The summed E-state index contributed by atoms with van der Waals surface area (Å²) in [5, 5.41) is 0. The van der Waals surface area contributed by atoms with Crippen molar-refractivity contribution >= 4 is 46.3 Å². The molecule has 0 saturated carbocycles. The molecular weight excluding hydrogens is 318 g/mol. The molecule has 1 heterocycles. The van der Waals surface area contributed by atoms with Gasteiger partial charge in [-0.25, -0.2) is 4.79 Å². The Hall–Kier alpha value is -1.66. The second kappa shape index (κ2) is 7.56. The second-order valence-electron chi connectivity index (χ2n) is 4.85. The summed E-state index contributed by atoms with van der Waals surface area (Å²) < 4.78 is 5.70. The largest absolute Gasteiger partial charge is 0.462 e. The predicted molar refractivity (Wildman–Crippen MR) is 92.6 cm³/mol. The van der Waals surface area contributed by atoms with Crippen LogP contribution in [-0.4, -0.2) is 34.8 Å². The number of hydrogen-bond acceptors (Lipinski definition) is 5. The van der Waals surface area contributed by atoms with Crippen LogP contribution in [-0.2, 0) is 9.53 Å². The molecule has 6 heteroatoms. The number of thiocarbonyl (C=S) groups is 1. The quantitative estimate of drug-likeness (QED) is 0.357. The van der Waals surface area contributed by atoms with Crippen LogP contribution in [0.25, 0.3) is 6.08 Å². The lowest BCUT2D eigenvalue weighted by Gasteiger charge is -2.04. The molecule has 0 aromatic heterocycles. The number of carbonyl (C=O) groups excluding carboxylic acids is 2. The number of likely N-dealkylation sites (N-methyl/N-ethyl adjacent to an activating group) is 1. The first kappa shape index (κ1) is 16.7. The third kappa shape index (κ3) is 3.96. The van der Waals surface area contributed by atoms with Gasteiger partial charge in [-0.3, -0.25) is 9.69 Å². The molecule has 0 atom stereocenters. The molecule has 0 radical (unpaired) electrons. The van der Waals surface area contributed by atoms with Crippen molar-refractivity contribution in [3.8, 4) is 0 Å². The summed E-state index contributed by atoms with van der Waals surface area (Å²) >= 11 is 6.36. The molecule has 22 heavy (non-hydrogen) atoms. The maximum Gasteiger partial charge on any atom is 0.338 e. The highest BCUT2D eigenvalue weighted by atomic mass is 32.2. The average Bonchev–Trinajstić information content (AvgIpc) is 2.75. The van der Waals surface area contributed by atoms with E-state index in [-0.39, 0.29) is 11.9 Å². The van der Waals surface area contributed by atoms with E-state index in [0.29, 0.717) is 21.4 Å². The Balaban J connectivity index is 2.05. The molecule has 0 bridgehead atoms. The lowest BCUT2D eigenvalue weighted by molar-refractivity contribution is -0.121. The Morgan fingerprint density at radius 3 is 2.59 bits per heavy atom. The normalized spacial score (nSPS) is 16.5. The van der Waals surface area contributed by atoms with Gasteiger partial charge in [-0.1, -0.05) is 49.5 Å². The average molecular weight is 335 g/mol. The Morgan fingerprint density at radius 2 is 2.05 bits per heavy atom. The van der Waals surface area contributed by atoms with E-state index in [0.717, 1.165) is 18.4 Å². The lowest BCUT2D eigenvalue weighted by atomic mass is 10.1. The first-order valence-electron chi connectivity index (χ1n) is 7.01. The molecule has 0 spiro atoms. The van der Waals surface area contributed by atoms with Crippen LogP contribution in [0.4, 0.5) is 0 Å². The van der Waals surface area contributed by atoms with E-state index in [1.165, 1.54) is 16.7 Å². The van der Waals surface area contributed by atoms with Crippen molar-refractivity contribution in [2.45, 2.75) is 19.8 Å². The van der Waals surface area contributed by atoms with Gasteiger partial charge < -0.3 is 4.74 Å². The van der Waals surface area contributed by atoms with Crippen LogP contribution in [0.5, 0.6) is 0 Å². The van der Waals surface area contributed by atoms with E-state index in [2.05, 4.69) is 0 Å². The fourth-order valence-corrected chi connectivity index (χ4v) is 2.98. The fraction of sp³-hybridized carbons (Fsp3) is 0.312. The maximum atomic E-state index is 11.9. The highest BCUT2D eigenvalue weighted by molar-refractivity contribution is 8.26. The van der Waals surface area contributed by atoms with Crippen LogP contribution < -0.4 is 0 Å². The molecule has 1 aliphatic heterocycles. The second-order valence-corrected chi connectivity index (χ2v) is 6.53. The van der Waals surface area contributed by atoms with Crippen LogP contribution in [0.15, 0.2) is 29.2 Å². The molecule has 1 aromatic carbocycles. The van der Waals surface area contributed by atoms with E-state index in [1.54, 1.807) is 37.4 Å². The van der Waals surface area contributed by atoms with Gasteiger partial charge in [0.25, 0.3) is 5.91 Å².